The van der Waals surface area contributed by atoms with Crippen molar-refractivity contribution in [3.05, 3.63) is 54.2 Å². The standard InChI is InChI=1S/C19H20F3N5O/c1-25-12-17(10-23-25)27-8-6-26(7-9-27)11-16-13-28-18(24-16)14-2-4-15(5-3-14)19(20,21)22/h2-5,10,12-13H,6-9,11H2,1H3. The molecule has 0 N–H and O–H groups in total. The monoisotopic (exact) mass is 391 g/mol. The number of hydrogen-bond donors (Lipinski definition) is 0. The highest BCUT2D eigenvalue weighted by Gasteiger charge is 2.30. The van der Waals surface area contributed by atoms with E-state index >= 15 is 0 Å². The highest BCUT2D eigenvalue weighted by atomic mass is 19.4. The van der Waals surface area contributed by atoms with E-state index in [1.165, 1.54) is 12.1 Å². The lowest BCUT2D eigenvalue weighted by molar-refractivity contribution is -0.137. The van der Waals surface area contributed by atoms with Crippen LogP contribution in [0, 0.1) is 0 Å². The van der Waals surface area contributed by atoms with Crippen molar-refractivity contribution in [1.82, 2.24) is 19.7 Å². The second-order valence-electron chi connectivity index (χ2n) is 6.85. The van der Waals surface area contributed by atoms with Gasteiger partial charge >= 0.3 is 6.18 Å². The molecule has 9 heteroatoms. The average molecular weight is 391 g/mol. The molecule has 2 aromatic heterocycles. The summed E-state index contributed by atoms with van der Waals surface area (Å²) in [6.07, 6.45) is 1.09. The molecule has 0 radical (unpaired) electrons. The largest absolute Gasteiger partial charge is 0.444 e. The van der Waals surface area contributed by atoms with Gasteiger partial charge in [0.2, 0.25) is 5.89 Å². The minimum Gasteiger partial charge on any atom is -0.444 e. The Hall–Kier alpha value is -2.81. The molecule has 0 bridgehead atoms. The SMILES string of the molecule is Cn1cc(N2CCN(Cc3coc(-c4ccc(C(F)(F)F)cc4)n3)CC2)cn1. The summed E-state index contributed by atoms with van der Waals surface area (Å²) in [6, 6.07) is 4.84. The van der Waals surface area contributed by atoms with E-state index in [1.807, 2.05) is 19.4 Å². The van der Waals surface area contributed by atoms with Gasteiger partial charge in [0.15, 0.2) is 0 Å². The zero-order valence-electron chi connectivity index (χ0n) is 15.4. The zero-order chi connectivity index (χ0) is 19.7. The number of rotatable bonds is 4. The van der Waals surface area contributed by atoms with E-state index in [0.29, 0.717) is 18.0 Å². The van der Waals surface area contributed by atoms with Crippen LogP contribution < -0.4 is 4.90 Å². The summed E-state index contributed by atoms with van der Waals surface area (Å²) in [7, 11) is 1.90. The quantitative estimate of drug-likeness (QED) is 0.682. The van der Waals surface area contributed by atoms with Crippen LogP contribution in [0.2, 0.25) is 0 Å². The third-order valence-electron chi connectivity index (χ3n) is 4.83. The molecule has 28 heavy (non-hydrogen) atoms. The zero-order valence-corrected chi connectivity index (χ0v) is 15.4. The fourth-order valence-corrected chi connectivity index (χ4v) is 3.28. The predicted octanol–water partition coefficient (Wildman–Crippen LogP) is 3.42. The van der Waals surface area contributed by atoms with Gasteiger partial charge in [0.1, 0.15) is 6.26 Å². The molecule has 6 nitrogen and oxygen atoms in total. The Morgan fingerprint density at radius 3 is 2.39 bits per heavy atom. The fraction of sp³-hybridized carbons (Fsp3) is 0.368. The molecule has 1 saturated heterocycles. The van der Waals surface area contributed by atoms with E-state index in [9.17, 15) is 13.2 Å². The first-order valence-corrected chi connectivity index (χ1v) is 8.96. The van der Waals surface area contributed by atoms with Crippen molar-refractivity contribution in [2.45, 2.75) is 12.7 Å². The minimum absolute atomic E-state index is 0.331. The Kier molecular flexibility index (Phi) is 4.84. The van der Waals surface area contributed by atoms with E-state index in [-0.39, 0.29) is 0 Å². The third-order valence-corrected chi connectivity index (χ3v) is 4.83. The fourth-order valence-electron chi connectivity index (χ4n) is 3.28. The number of alkyl halides is 3. The van der Waals surface area contributed by atoms with Crippen molar-refractivity contribution < 1.29 is 17.6 Å². The molecule has 1 aliphatic heterocycles. The van der Waals surface area contributed by atoms with E-state index < -0.39 is 11.7 Å². The molecule has 1 aliphatic rings. The number of oxazole rings is 1. The first kappa shape index (κ1) is 18.5. The molecule has 0 unspecified atom stereocenters. The third kappa shape index (κ3) is 4.04. The molecule has 0 saturated carbocycles. The summed E-state index contributed by atoms with van der Waals surface area (Å²) in [5, 5.41) is 4.21. The molecule has 1 aromatic carbocycles. The maximum absolute atomic E-state index is 12.7. The molecular weight excluding hydrogens is 371 g/mol. The topological polar surface area (TPSA) is 50.3 Å². The van der Waals surface area contributed by atoms with Gasteiger partial charge in [-0.3, -0.25) is 9.58 Å². The Bertz CT molecular complexity index is 924. The summed E-state index contributed by atoms with van der Waals surface area (Å²) in [5.41, 5.74) is 1.73. The van der Waals surface area contributed by atoms with Crippen LogP contribution >= 0.6 is 0 Å². The van der Waals surface area contributed by atoms with Crippen molar-refractivity contribution in [2.24, 2.45) is 7.05 Å². The lowest BCUT2D eigenvalue weighted by Crippen LogP contribution is -2.45. The van der Waals surface area contributed by atoms with Crippen LogP contribution in [0.1, 0.15) is 11.3 Å². The van der Waals surface area contributed by atoms with E-state index in [1.54, 1.807) is 10.9 Å². The van der Waals surface area contributed by atoms with Crippen LogP contribution in [0.15, 0.2) is 47.3 Å². The van der Waals surface area contributed by atoms with Gasteiger partial charge < -0.3 is 9.32 Å². The van der Waals surface area contributed by atoms with Crippen LogP contribution in [0.4, 0.5) is 18.9 Å². The normalized spacial score (nSPS) is 15.9. The van der Waals surface area contributed by atoms with E-state index in [0.717, 1.165) is 49.7 Å². The van der Waals surface area contributed by atoms with Crippen LogP contribution in [0.3, 0.4) is 0 Å². The van der Waals surface area contributed by atoms with Crippen molar-refractivity contribution in [3.8, 4) is 11.5 Å². The molecule has 0 amide bonds. The maximum Gasteiger partial charge on any atom is 0.416 e. The van der Waals surface area contributed by atoms with Gasteiger partial charge in [0.05, 0.1) is 23.1 Å². The molecule has 3 heterocycles. The number of hydrogen-bond acceptors (Lipinski definition) is 5. The molecule has 148 valence electrons. The number of aryl methyl sites for hydroxylation is 1. The van der Waals surface area contributed by atoms with Crippen LogP contribution in [-0.4, -0.2) is 45.8 Å². The lowest BCUT2D eigenvalue weighted by Gasteiger charge is -2.34. The molecule has 0 aliphatic carbocycles. The van der Waals surface area contributed by atoms with Gasteiger partial charge in [-0.15, -0.1) is 0 Å². The summed E-state index contributed by atoms with van der Waals surface area (Å²) < 4.78 is 45.3. The van der Waals surface area contributed by atoms with Gasteiger partial charge in [-0.2, -0.15) is 18.3 Å². The van der Waals surface area contributed by atoms with Gasteiger partial charge in [-0.25, -0.2) is 4.98 Å². The minimum atomic E-state index is -4.35. The highest BCUT2D eigenvalue weighted by molar-refractivity contribution is 5.54. The second-order valence-corrected chi connectivity index (χ2v) is 6.85. The molecule has 4 rings (SSSR count). The maximum atomic E-state index is 12.7. The van der Waals surface area contributed by atoms with Crippen molar-refractivity contribution in [1.29, 1.82) is 0 Å². The Morgan fingerprint density at radius 2 is 1.79 bits per heavy atom. The molecule has 3 aromatic rings. The summed E-state index contributed by atoms with van der Waals surface area (Å²) in [6.45, 7) is 4.21. The van der Waals surface area contributed by atoms with Gasteiger partial charge in [-0.1, -0.05) is 0 Å². The van der Waals surface area contributed by atoms with Crippen molar-refractivity contribution in [2.75, 3.05) is 31.1 Å². The Balaban J connectivity index is 1.35. The second kappa shape index (κ2) is 7.31. The number of aromatic nitrogens is 3. The number of halogens is 3. The molecule has 0 spiro atoms. The van der Waals surface area contributed by atoms with Crippen LogP contribution in [0.25, 0.3) is 11.5 Å². The predicted molar refractivity (Wildman–Crippen MR) is 97.6 cm³/mol. The van der Waals surface area contributed by atoms with Crippen LogP contribution in [-0.2, 0) is 19.8 Å². The number of nitrogens with zero attached hydrogens (tertiary/aromatic N) is 5. The number of anilines is 1. The average Bonchev–Trinajstić information content (AvgIpc) is 3.31. The summed E-state index contributed by atoms with van der Waals surface area (Å²) in [5.74, 6) is 0.331. The molecular formula is C19H20F3N5O. The highest BCUT2D eigenvalue weighted by Crippen LogP contribution is 2.30. The summed E-state index contributed by atoms with van der Waals surface area (Å²) in [4.78, 5) is 9.00. The van der Waals surface area contributed by atoms with Gasteiger partial charge in [0, 0.05) is 51.5 Å². The summed E-state index contributed by atoms with van der Waals surface area (Å²) >= 11 is 0. The smallest absolute Gasteiger partial charge is 0.416 e. The van der Waals surface area contributed by atoms with Crippen molar-refractivity contribution in [3.63, 3.8) is 0 Å². The molecule has 0 atom stereocenters. The van der Waals surface area contributed by atoms with Gasteiger partial charge in [0.25, 0.3) is 0 Å². The first-order chi connectivity index (χ1) is 13.4. The van der Waals surface area contributed by atoms with Crippen LogP contribution in [0.5, 0.6) is 0 Å². The number of benzene rings is 1. The first-order valence-electron chi connectivity index (χ1n) is 8.96. The van der Waals surface area contributed by atoms with E-state index in [2.05, 4.69) is 19.9 Å². The molecule has 1 fully saturated rings. The Morgan fingerprint density at radius 1 is 1.07 bits per heavy atom. The Labute approximate surface area is 160 Å². The van der Waals surface area contributed by atoms with Gasteiger partial charge in [-0.05, 0) is 24.3 Å². The van der Waals surface area contributed by atoms with E-state index in [4.69, 9.17) is 4.42 Å². The van der Waals surface area contributed by atoms with Crippen molar-refractivity contribution >= 4 is 5.69 Å². The number of piperazine rings is 1. The lowest BCUT2D eigenvalue weighted by atomic mass is 10.1.